The Hall–Kier alpha value is -3.90. The van der Waals surface area contributed by atoms with Crippen molar-refractivity contribution in [3.8, 4) is 22.7 Å². The number of fused-ring (bicyclic) bond motifs is 3. The minimum Gasteiger partial charge on any atom is -0.460 e. The number of nitrogens with zero attached hydrogens (tertiary/aromatic N) is 2. The molecule has 0 unspecified atom stereocenters. The van der Waals surface area contributed by atoms with E-state index in [9.17, 15) is 9.59 Å². The van der Waals surface area contributed by atoms with Crippen molar-refractivity contribution in [3.63, 3.8) is 0 Å². The van der Waals surface area contributed by atoms with Gasteiger partial charge in [-0.15, -0.1) is 0 Å². The second-order valence-corrected chi connectivity index (χ2v) is 7.40. The maximum absolute atomic E-state index is 13.1. The molecule has 6 nitrogen and oxygen atoms in total. The van der Waals surface area contributed by atoms with Crippen molar-refractivity contribution in [2.24, 2.45) is 0 Å². The Kier molecular flexibility index (Phi) is 4.56. The molecule has 2 heterocycles. The molecule has 31 heavy (non-hydrogen) atoms. The lowest BCUT2D eigenvalue weighted by Gasteiger charge is -2.10. The Bertz CT molecular complexity index is 1450. The summed E-state index contributed by atoms with van der Waals surface area (Å²) in [6.45, 7) is 1.71. The molecule has 2 aliphatic rings. The highest BCUT2D eigenvalue weighted by atomic mass is 35.5. The molecule has 0 saturated carbocycles. The lowest BCUT2D eigenvalue weighted by Crippen LogP contribution is -2.14. The molecule has 0 amide bonds. The van der Waals surface area contributed by atoms with Gasteiger partial charge in [-0.25, -0.2) is 4.79 Å². The number of halogens is 1. The van der Waals surface area contributed by atoms with E-state index >= 15 is 0 Å². The van der Waals surface area contributed by atoms with E-state index < -0.39 is 5.97 Å². The number of esters is 1. The highest BCUT2D eigenvalue weighted by Crippen LogP contribution is 2.37. The van der Waals surface area contributed by atoms with Gasteiger partial charge in [0.1, 0.15) is 28.4 Å². The van der Waals surface area contributed by atoms with Crippen LogP contribution in [0.2, 0.25) is 5.02 Å². The molecule has 3 aromatic carbocycles. The van der Waals surface area contributed by atoms with Crippen LogP contribution in [0.4, 0.5) is 0 Å². The van der Waals surface area contributed by atoms with E-state index in [0.717, 1.165) is 0 Å². The molecular formula is C24H15ClN2O4. The Morgan fingerprint density at radius 2 is 1.74 bits per heavy atom. The number of ether oxygens (including phenoxy) is 1. The third-order valence-corrected chi connectivity index (χ3v) is 5.22. The summed E-state index contributed by atoms with van der Waals surface area (Å²) in [7, 11) is 0. The van der Waals surface area contributed by atoms with Gasteiger partial charge in [0.25, 0.3) is 5.56 Å². The van der Waals surface area contributed by atoms with E-state index in [0.29, 0.717) is 44.3 Å². The molecule has 0 fully saturated rings. The molecule has 7 heteroatoms. The first-order chi connectivity index (χ1) is 15.0. The molecule has 3 aromatic rings. The van der Waals surface area contributed by atoms with Crippen LogP contribution in [0.5, 0.6) is 5.75 Å². The third kappa shape index (κ3) is 3.27. The summed E-state index contributed by atoms with van der Waals surface area (Å²) in [5.74, 6) is 0.182. The molecule has 0 aromatic heterocycles. The quantitative estimate of drug-likeness (QED) is 0.288. The lowest BCUT2D eigenvalue weighted by atomic mass is 10.1. The number of rotatable bonds is 3. The van der Waals surface area contributed by atoms with Crippen LogP contribution in [-0.2, 0) is 0 Å². The van der Waals surface area contributed by atoms with Crippen molar-refractivity contribution in [3.05, 3.63) is 99.5 Å². The van der Waals surface area contributed by atoms with Crippen LogP contribution in [0.1, 0.15) is 16.1 Å². The zero-order chi connectivity index (χ0) is 21.5. The topological polar surface area (TPSA) is 74.3 Å². The highest BCUT2D eigenvalue weighted by molar-refractivity contribution is 6.30. The molecule has 0 spiro atoms. The molecule has 152 valence electrons. The minimum absolute atomic E-state index is 0.265. The van der Waals surface area contributed by atoms with Gasteiger partial charge in [-0.3, -0.25) is 4.79 Å². The van der Waals surface area contributed by atoms with Gasteiger partial charge in [0, 0.05) is 5.02 Å². The second-order valence-electron chi connectivity index (χ2n) is 6.96. The van der Waals surface area contributed by atoms with E-state index in [1.54, 1.807) is 73.7 Å². The summed E-state index contributed by atoms with van der Waals surface area (Å²) in [6.07, 6.45) is 0. The summed E-state index contributed by atoms with van der Waals surface area (Å²) in [5, 5.41) is 5.56. The molecule has 0 bridgehead atoms. The standard InChI is InChI=1S/C24H15ClN2O4/c1-14-20-22(26-27(23(20)28)17-12-10-16(25)11-13-17)21-18(30-14)8-5-9-19(21)31-24(29)15-6-3-2-4-7-15/h2-13H,1H3. The van der Waals surface area contributed by atoms with Crippen LogP contribution >= 0.6 is 11.6 Å². The average Bonchev–Trinajstić information content (AvgIpc) is 3.12. The van der Waals surface area contributed by atoms with E-state index in [2.05, 4.69) is 5.10 Å². The molecule has 0 aliphatic carbocycles. The smallest absolute Gasteiger partial charge is 0.343 e. The van der Waals surface area contributed by atoms with Crippen LogP contribution in [0.15, 0.2) is 82.0 Å². The number of carbonyl (C=O) groups excluding carboxylic acids is 1. The number of aromatic nitrogens is 2. The summed E-state index contributed by atoms with van der Waals surface area (Å²) in [4.78, 5) is 25.8. The fourth-order valence-corrected chi connectivity index (χ4v) is 3.64. The Labute approximate surface area is 181 Å². The summed E-state index contributed by atoms with van der Waals surface area (Å²) in [6, 6.07) is 20.6. The van der Waals surface area contributed by atoms with Gasteiger partial charge in [0.15, 0.2) is 0 Å². The molecule has 5 rings (SSSR count). The Morgan fingerprint density at radius 1 is 1.00 bits per heavy atom. The average molecular weight is 431 g/mol. The van der Waals surface area contributed by atoms with Gasteiger partial charge in [0.05, 0.1) is 16.6 Å². The van der Waals surface area contributed by atoms with Crippen molar-refractivity contribution in [1.29, 1.82) is 0 Å². The van der Waals surface area contributed by atoms with Crippen LogP contribution in [0.3, 0.4) is 0 Å². The van der Waals surface area contributed by atoms with E-state index in [1.807, 2.05) is 6.07 Å². The van der Waals surface area contributed by atoms with Gasteiger partial charge in [-0.2, -0.15) is 9.78 Å². The summed E-state index contributed by atoms with van der Waals surface area (Å²) in [5.41, 5.74) is 1.84. The number of carbonyl (C=O) groups is 1. The Morgan fingerprint density at radius 3 is 2.48 bits per heavy atom. The van der Waals surface area contributed by atoms with E-state index in [4.69, 9.17) is 20.8 Å². The van der Waals surface area contributed by atoms with Gasteiger partial charge >= 0.3 is 5.97 Å². The van der Waals surface area contributed by atoms with Crippen molar-refractivity contribution in [1.82, 2.24) is 9.78 Å². The van der Waals surface area contributed by atoms with Gasteiger partial charge in [-0.1, -0.05) is 35.9 Å². The van der Waals surface area contributed by atoms with Crippen LogP contribution in [-0.4, -0.2) is 15.7 Å². The van der Waals surface area contributed by atoms with Crippen molar-refractivity contribution >= 4 is 28.5 Å². The molecule has 2 aliphatic heterocycles. The third-order valence-electron chi connectivity index (χ3n) is 4.97. The predicted molar refractivity (Wildman–Crippen MR) is 117 cm³/mol. The van der Waals surface area contributed by atoms with Crippen LogP contribution in [0.25, 0.3) is 27.9 Å². The zero-order valence-corrected chi connectivity index (χ0v) is 17.1. The number of aryl methyl sites for hydroxylation is 1. The molecule has 0 atom stereocenters. The fraction of sp³-hybridized carbons (Fsp3) is 0.0417. The first kappa shape index (κ1) is 19.1. The molecule has 0 saturated heterocycles. The second kappa shape index (κ2) is 7.41. The lowest BCUT2D eigenvalue weighted by molar-refractivity contribution is 0.0737. The van der Waals surface area contributed by atoms with Crippen molar-refractivity contribution in [2.75, 3.05) is 0 Å². The first-order valence-corrected chi connectivity index (χ1v) is 9.89. The monoisotopic (exact) mass is 430 g/mol. The van der Waals surface area contributed by atoms with Crippen LogP contribution < -0.4 is 10.3 Å². The highest BCUT2D eigenvalue weighted by Gasteiger charge is 2.26. The first-order valence-electron chi connectivity index (χ1n) is 9.51. The maximum atomic E-state index is 13.1. The largest absolute Gasteiger partial charge is 0.460 e. The summed E-state index contributed by atoms with van der Waals surface area (Å²) < 4.78 is 12.8. The summed E-state index contributed by atoms with van der Waals surface area (Å²) >= 11 is 5.97. The fourth-order valence-electron chi connectivity index (χ4n) is 3.52. The van der Waals surface area contributed by atoms with E-state index in [-0.39, 0.29) is 11.3 Å². The zero-order valence-electron chi connectivity index (χ0n) is 16.3. The maximum Gasteiger partial charge on any atom is 0.343 e. The Balaban J connectivity index is 1.71. The molecular weight excluding hydrogens is 416 g/mol. The van der Waals surface area contributed by atoms with Gasteiger partial charge in [-0.05, 0) is 55.5 Å². The molecule has 0 radical (unpaired) electrons. The van der Waals surface area contributed by atoms with Crippen LogP contribution in [0, 0.1) is 6.92 Å². The number of benzene rings is 3. The van der Waals surface area contributed by atoms with E-state index in [1.165, 1.54) is 4.68 Å². The minimum atomic E-state index is -0.513. The van der Waals surface area contributed by atoms with Crippen molar-refractivity contribution < 1.29 is 13.9 Å². The van der Waals surface area contributed by atoms with Gasteiger partial charge < -0.3 is 9.15 Å². The molecule has 0 N–H and O–H groups in total. The van der Waals surface area contributed by atoms with Gasteiger partial charge in [0.2, 0.25) is 0 Å². The number of hydrogen-bond acceptors (Lipinski definition) is 5. The normalized spacial score (nSPS) is 11.2. The predicted octanol–water partition coefficient (Wildman–Crippen LogP) is 5.26. The van der Waals surface area contributed by atoms with Crippen molar-refractivity contribution in [2.45, 2.75) is 6.92 Å². The number of hydrogen-bond donors (Lipinski definition) is 0. The SMILES string of the molecule is Cc1oc2cccc(OC(=O)c3ccccc3)c2c2nn(-c3ccc(Cl)cc3)c(=O)c1-2.